The number of aromatic nitrogens is 1. The second kappa shape index (κ2) is 7.48. The summed E-state index contributed by atoms with van der Waals surface area (Å²) in [5.74, 6) is 1.47. The number of para-hydroxylation sites is 1. The van der Waals surface area contributed by atoms with E-state index in [-0.39, 0.29) is 23.0 Å². The van der Waals surface area contributed by atoms with Crippen LogP contribution >= 0.6 is 23.5 Å². The van der Waals surface area contributed by atoms with Gasteiger partial charge < -0.3 is 9.88 Å². The Hall–Kier alpha value is -1.73. The molecule has 0 saturated carbocycles. The fraction of sp³-hybridized carbons (Fsp3) is 0.421. The second-order valence-corrected chi connectivity index (χ2v) is 8.81. The van der Waals surface area contributed by atoms with Crippen LogP contribution in [0.15, 0.2) is 29.1 Å². The highest BCUT2D eigenvalue weighted by Crippen LogP contribution is 2.25. The van der Waals surface area contributed by atoms with E-state index >= 15 is 0 Å². The highest BCUT2D eigenvalue weighted by Gasteiger charge is 2.26. The first-order valence-electron chi connectivity index (χ1n) is 8.79. The molecule has 1 amide bonds. The van der Waals surface area contributed by atoms with E-state index in [1.54, 1.807) is 0 Å². The van der Waals surface area contributed by atoms with Gasteiger partial charge in [0.15, 0.2) is 5.78 Å². The number of aryl methyl sites for hydroxylation is 2. The molecule has 136 valence electrons. The summed E-state index contributed by atoms with van der Waals surface area (Å²) in [6.45, 7) is 0.756. The molecule has 0 radical (unpaired) electrons. The fourth-order valence-electron chi connectivity index (χ4n) is 3.59. The first-order chi connectivity index (χ1) is 12.6. The number of hydrogen-bond acceptors (Lipinski definition) is 5. The first kappa shape index (κ1) is 17.7. The second-order valence-electron chi connectivity index (χ2n) is 6.61. The van der Waals surface area contributed by atoms with Crippen LogP contribution in [-0.2, 0) is 28.3 Å². The number of ketones is 1. The Labute approximate surface area is 159 Å². The van der Waals surface area contributed by atoms with Crippen LogP contribution in [0.5, 0.6) is 0 Å². The number of nitrogens with one attached hydrogen (secondary N) is 1. The van der Waals surface area contributed by atoms with Gasteiger partial charge in [-0.3, -0.25) is 14.4 Å². The van der Waals surface area contributed by atoms with E-state index in [4.69, 9.17) is 0 Å². The molecule has 1 N–H and O–H groups in total. The van der Waals surface area contributed by atoms with E-state index in [9.17, 15) is 14.4 Å². The molecule has 1 saturated heterocycles. The Bertz CT molecular complexity index is 938. The first-order valence-corrected chi connectivity index (χ1v) is 11.0. The molecular formula is C19H20N2O3S2. The Balaban J connectivity index is 1.45. The lowest BCUT2D eigenvalue weighted by Crippen LogP contribution is -2.36. The summed E-state index contributed by atoms with van der Waals surface area (Å²) in [7, 11) is 0. The molecular weight excluding hydrogens is 368 g/mol. The van der Waals surface area contributed by atoms with Gasteiger partial charge in [0, 0.05) is 30.0 Å². The molecule has 26 heavy (non-hydrogen) atoms. The van der Waals surface area contributed by atoms with Crippen molar-refractivity contribution < 1.29 is 9.59 Å². The van der Waals surface area contributed by atoms with Crippen LogP contribution < -0.4 is 10.9 Å². The third-order valence-corrected chi connectivity index (χ3v) is 6.94. The van der Waals surface area contributed by atoms with Crippen molar-refractivity contribution in [3.05, 3.63) is 45.7 Å². The molecule has 0 aliphatic carbocycles. The molecule has 2 aliphatic heterocycles. The zero-order valence-electron chi connectivity index (χ0n) is 14.3. The van der Waals surface area contributed by atoms with Crippen LogP contribution in [0.3, 0.4) is 0 Å². The predicted octanol–water partition coefficient (Wildman–Crippen LogP) is 2.33. The molecule has 0 unspecified atom stereocenters. The number of hydrogen-bond donors (Lipinski definition) is 1. The van der Waals surface area contributed by atoms with Crippen molar-refractivity contribution in [2.24, 2.45) is 0 Å². The normalized spacial score (nSPS) is 19.1. The van der Waals surface area contributed by atoms with Crippen LogP contribution in [0.25, 0.3) is 10.9 Å². The fourth-order valence-corrected chi connectivity index (χ4v) is 5.46. The van der Waals surface area contributed by atoms with Crippen LogP contribution in [0.2, 0.25) is 0 Å². The highest BCUT2D eigenvalue weighted by atomic mass is 32.2. The maximum Gasteiger partial charge on any atom is 0.255 e. The summed E-state index contributed by atoms with van der Waals surface area (Å²) in [5.41, 5.74) is 3.09. The Morgan fingerprint density at radius 1 is 1.31 bits per heavy atom. The number of carbonyl (C=O) groups excluding carboxylic acids is 2. The maximum absolute atomic E-state index is 12.8. The van der Waals surface area contributed by atoms with Crippen LogP contribution in [0.4, 0.5) is 0 Å². The number of nitrogens with zero attached hydrogens (tertiary/aromatic N) is 1. The van der Waals surface area contributed by atoms with E-state index in [1.165, 1.54) is 29.1 Å². The molecule has 1 fully saturated rings. The number of Topliss-reactive ketones (excluding diaryl/α,β-unsaturated/α-hetero) is 1. The Morgan fingerprint density at radius 2 is 2.19 bits per heavy atom. The minimum atomic E-state index is -0.391. The summed E-state index contributed by atoms with van der Waals surface area (Å²) < 4.78 is 1.89. The third-order valence-electron chi connectivity index (χ3n) is 4.81. The molecule has 0 bridgehead atoms. The lowest BCUT2D eigenvalue weighted by atomic mass is 10.0. The van der Waals surface area contributed by atoms with Gasteiger partial charge in [0.05, 0.1) is 11.3 Å². The van der Waals surface area contributed by atoms with Gasteiger partial charge in [0.25, 0.3) is 5.56 Å². The van der Waals surface area contributed by atoms with Crippen molar-refractivity contribution in [2.45, 2.75) is 36.9 Å². The zero-order valence-corrected chi connectivity index (χ0v) is 16.0. The number of benzene rings is 1. The maximum atomic E-state index is 12.8. The average molecular weight is 389 g/mol. The molecule has 7 heteroatoms. The van der Waals surface area contributed by atoms with Gasteiger partial charge in [-0.15, -0.1) is 23.5 Å². The summed E-state index contributed by atoms with van der Waals surface area (Å²) in [6, 6.07) is 8.14. The molecule has 4 rings (SSSR count). The molecule has 1 atom stereocenters. The quantitative estimate of drug-likeness (QED) is 0.851. The lowest BCUT2D eigenvalue weighted by molar-refractivity contribution is -0.123. The number of thioether (sulfide) groups is 2. The van der Waals surface area contributed by atoms with Crippen molar-refractivity contribution in [1.29, 1.82) is 0 Å². The van der Waals surface area contributed by atoms with Crippen LogP contribution in [-0.4, -0.2) is 33.1 Å². The molecule has 2 aliphatic rings. The van der Waals surface area contributed by atoms with E-state index in [2.05, 4.69) is 11.4 Å². The van der Waals surface area contributed by atoms with Gasteiger partial charge in [-0.25, -0.2) is 0 Å². The number of amides is 1. The van der Waals surface area contributed by atoms with Crippen LogP contribution in [0.1, 0.15) is 24.0 Å². The molecule has 2 aromatic rings. The molecule has 5 nitrogen and oxygen atoms in total. The molecule has 3 heterocycles. The van der Waals surface area contributed by atoms with Crippen molar-refractivity contribution in [1.82, 2.24) is 9.88 Å². The Morgan fingerprint density at radius 3 is 3.00 bits per heavy atom. The largest absolute Gasteiger partial charge is 0.337 e. The predicted molar refractivity (Wildman–Crippen MR) is 107 cm³/mol. The van der Waals surface area contributed by atoms with E-state index in [0.29, 0.717) is 12.2 Å². The molecule has 1 aromatic heterocycles. The topological polar surface area (TPSA) is 68.2 Å². The van der Waals surface area contributed by atoms with E-state index in [0.717, 1.165) is 41.6 Å². The zero-order chi connectivity index (χ0) is 18.1. The minimum absolute atomic E-state index is 0.0547. The summed E-state index contributed by atoms with van der Waals surface area (Å²) in [5, 5.41) is 3.47. The number of rotatable bonds is 5. The average Bonchev–Trinajstić information content (AvgIpc) is 3.04. The van der Waals surface area contributed by atoms with E-state index in [1.807, 2.05) is 22.8 Å². The van der Waals surface area contributed by atoms with Crippen molar-refractivity contribution in [2.75, 3.05) is 11.5 Å². The van der Waals surface area contributed by atoms with Crippen LogP contribution in [0, 0.1) is 0 Å². The van der Waals surface area contributed by atoms with Crippen molar-refractivity contribution in [3.8, 4) is 0 Å². The highest BCUT2D eigenvalue weighted by molar-refractivity contribution is 8.01. The van der Waals surface area contributed by atoms with Gasteiger partial charge in [0.1, 0.15) is 5.37 Å². The number of carbonyl (C=O) groups is 2. The monoisotopic (exact) mass is 388 g/mol. The molecule has 0 spiro atoms. The summed E-state index contributed by atoms with van der Waals surface area (Å²) in [4.78, 5) is 36.4. The number of pyridine rings is 1. The standard InChI is InChI=1S/C19H20N2O3S2/c22-15-6-8-26-18(15)20-16(23)11-25-10-14-9-13-4-1-3-12-5-2-7-21(17(12)13)19(14)24/h1,3-4,9,18H,2,5-8,10-11H2,(H,20,23)/t18-/m1/s1. The molecule has 1 aromatic carbocycles. The van der Waals surface area contributed by atoms with Crippen molar-refractivity contribution in [3.63, 3.8) is 0 Å². The van der Waals surface area contributed by atoms with Gasteiger partial charge in [0.2, 0.25) is 5.91 Å². The Kier molecular flexibility index (Phi) is 5.09. The van der Waals surface area contributed by atoms with Gasteiger partial charge in [-0.05, 0) is 29.9 Å². The SMILES string of the molecule is O=C(CSCc1cc2cccc3c2n(c1=O)CCC3)N[C@@H]1SCCC1=O. The third kappa shape index (κ3) is 3.42. The van der Waals surface area contributed by atoms with Gasteiger partial charge in [-0.1, -0.05) is 18.2 Å². The van der Waals surface area contributed by atoms with E-state index < -0.39 is 5.37 Å². The van der Waals surface area contributed by atoms with Gasteiger partial charge >= 0.3 is 0 Å². The van der Waals surface area contributed by atoms with Gasteiger partial charge in [-0.2, -0.15) is 0 Å². The minimum Gasteiger partial charge on any atom is -0.337 e. The smallest absolute Gasteiger partial charge is 0.255 e. The lowest BCUT2D eigenvalue weighted by Gasteiger charge is -2.20. The summed E-state index contributed by atoms with van der Waals surface area (Å²) in [6.07, 6.45) is 2.53. The van der Waals surface area contributed by atoms with Crippen molar-refractivity contribution >= 4 is 46.1 Å². The summed E-state index contributed by atoms with van der Waals surface area (Å²) >= 11 is 2.90.